The van der Waals surface area contributed by atoms with Crippen LogP contribution >= 0.6 is 0 Å². The SMILES string of the molecule is Cc1ccc(C(=O)c2cc(C(C)N(C)C)c(O)c(C(C)(C)C)c2)cc1. The molecule has 0 aliphatic carbocycles. The van der Waals surface area contributed by atoms with Crippen LogP contribution in [0.4, 0.5) is 0 Å². The van der Waals surface area contributed by atoms with Gasteiger partial charge in [0.25, 0.3) is 0 Å². The van der Waals surface area contributed by atoms with Crippen LogP contribution in [0.15, 0.2) is 36.4 Å². The van der Waals surface area contributed by atoms with Gasteiger partial charge in [-0.15, -0.1) is 0 Å². The van der Waals surface area contributed by atoms with E-state index in [2.05, 4.69) is 0 Å². The van der Waals surface area contributed by atoms with E-state index in [9.17, 15) is 9.90 Å². The molecule has 0 aliphatic rings. The maximum Gasteiger partial charge on any atom is 0.193 e. The van der Waals surface area contributed by atoms with Gasteiger partial charge in [0.1, 0.15) is 5.75 Å². The maximum atomic E-state index is 13.0. The van der Waals surface area contributed by atoms with Crippen LogP contribution in [0.25, 0.3) is 0 Å². The van der Waals surface area contributed by atoms with Gasteiger partial charge in [-0.1, -0.05) is 50.6 Å². The molecule has 1 unspecified atom stereocenters. The van der Waals surface area contributed by atoms with Crippen molar-refractivity contribution in [1.29, 1.82) is 0 Å². The van der Waals surface area contributed by atoms with E-state index >= 15 is 0 Å². The number of carbonyl (C=O) groups excluding carboxylic acids is 1. The van der Waals surface area contributed by atoms with E-state index in [1.54, 1.807) is 0 Å². The molecular weight excluding hydrogens is 310 g/mol. The first-order valence-electron chi connectivity index (χ1n) is 8.67. The van der Waals surface area contributed by atoms with Crippen molar-refractivity contribution >= 4 is 5.78 Å². The molecule has 3 heteroatoms. The first kappa shape index (κ1) is 19.2. The third kappa shape index (κ3) is 4.10. The van der Waals surface area contributed by atoms with E-state index in [1.165, 1.54) is 0 Å². The molecule has 0 spiro atoms. The number of rotatable bonds is 4. The molecule has 1 N–H and O–H groups in total. The van der Waals surface area contributed by atoms with Gasteiger partial charge in [-0.2, -0.15) is 0 Å². The predicted octanol–water partition coefficient (Wildman–Crippen LogP) is 4.85. The number of ketones is 1. The minimum atomic E-state index is -0.256. The van der Waals surface area contributed by atoms with E-state index in [1.807, 2.05) is 90.0 Å². The molecule has 0 fully saturated rings. The lowest BCUT2D eigenvalue weighted by Crippen LogP contribution is -2.20. The fourth-order valence-corrected chi connectivity index (χ4v) is 2.83. The lowest BCUT2D eigenvalue weighted by Gasteiger charge is -2.27. The van der Waals surface area contributed by atoms with Gasteiger partial charge < -0.3 is 10.0 Å². The number of benzene rings is 2. The van der Waals surface area contributed by atoms with Crippen LogP contribution in [0.1, 0.15) is 66.3 Å². The molecule has 2 aromatic rings. The zero-order valence-electron chi connectivity index (χ0n) is 16.3. The quantitative estimate of drug-likeness (QED) is 0.809. The summed E-state index contributed by atoms with van der Waals surface area (Å²) in [5.41, 5.74) is 3.74. The summed E-state index contributed by atoms with van der Waals surface area (Å²) in [6.07, 6.45) is 0. The molecule has 0 heterocycles. The second-order valence-electron chi connectivity index (χ2n) is 8.05. The van der Waals surface area contributed by atoms with Crippen LogP contribution in [-0.2, 0) is 5.41 Å². The van der Waals surface area contributed by atoms with Gasteiger partial charge in [-0.3, -0.25) is 4.79 Å². The molecule has 0 radical (unpaired) electrons. The van der Waals surface area contributed by atoms with Gasteiger partial charge in [0.2, 0.25) is 0 Å². The Kier molecular flexibility index (Phi) is 5.38. The third-order valence-corrected chi connectivity index (χ3v) is 4.75. The van der Waals surface area contributed by atoms with Crippen molar-refractivity contribution in [1.82, 2.24) is 4.90 Å². The van der Waals surface area contributed by atoms with Crippen molar-refractivity contribution in [2.24, 2.45) is 0 Å². The molecule has 0 amide bonds. The van der Waals surface area contributed by atoms with Crippen LogP contribution in [0, 0.1) is 6.92 Å². The van der Waals surface area contributed by atoms with Gasteiger partial charge in [0.15, 0.2) is 5.78 Å². The topological polar surface area (TPSA) is 40.5 Å². The van der Waals surface area contributed by atoms with Crippen molar-refractivity contribution < 1.29 is 9.90 Å². The fraction of sp³-hybridized carbons (Fsp3) is 0.409. The molecule has 0 bridgehead atoms. The van der Waals surface area contributed by atoms with E-state index in [4.69, 9.17) is 0 Å². The number of aromatic hydroxyl groups is 1. The summed E-state index contributed by atoms with van der Waals surface area (Å²) in [5, 5.41) is 10.8. The number of phenolic OH excluding ortho intramolecular Hbond substituents is 1. The predicted molar refractivity (Wildman–Crippen MR) is 104 cm³/mol. The van der Waals surface area contributed by atoms with Crippen molar-refractivity contribution in [2.45, 2.75) is 46.1 Å². The number of nitrogens with zero attached hydrogens (tertiary/aromatic N) is 1. The van der Waals surface area contributed by atoms with Gasteiger partial charge in [0.05, 0.1) is 0 Å². The minimum absolute atomic E-state index is 0.00636. The van der Waals surface area contributed by atoms with Crippen molar-refractivity contribution in [3.63, 3.8) is 0 Å². The summed E-state index contributed by atoms with van der Waals surface area (Å²) in [6, 6.07) is 11.3. The van der Waals surface area contributed by atoms with Crippen molar-refractivity contribution in [3.05, 3.63) is 64.2 Å². The Morgan fingerprint density at radius 3 is 2.08 bits per heavy atom. The van der Waals surface area contributed by atoms with Crippen LogP contribution < -0.4 is 0 Å². The molecule has 3 nitrogen and oxygen atoms in total. The molecule has 134 valence electrons. The summed E-state index contributed by atoms with van der Waals surface area (Å²) in [4.78, 5) is 15.0. The second kappa shape index (κ2) is 7.01. The molecule has 2 rings (SSSR count). The number of hydrogen-bond donors (Lipinski definition) is 1. The van der Waals surface area contributed by atoms with Gasteiger partial charge in [-0.05, 0) is 45.5 Å². The Hall–Kier alpha value is -2.13. The van der Waals surface area contributed by atoms with Gasteiger partial charge >= 0.3 is 0 Å². The Bertz CT molecular complexity index is 768. The average Bonchev–Trinajstić information content (AvgIpc) is 2.53. The monoisotopic (exact) mass is 339 g/mol. The van der Waals surface area contributed by atoms with Gasteiger partial charge in [-0.25, -0.2) is 0 Å². The molecule has 0 aliphatic heterocycles. The smallest absolute Gasteiger partial charge is 0.193 e. The highest BCUT2D eigenvalue weighted by Gasteiger charge is 2.26. The first-order valence-corrected chi connectivity index (χ1v) is 8.67. The standard InChI is InChI=1S/C22H29NO2/c1-14-8-10-16(11-9-14)20(24)17-12-18(15(2)23(6)7)21(25)19(13-17)22(3,4)5/h8-13,15,25H,1-7H3. The van der Waals surface area contributed by atoms with E-state index in [0.29, 0.717) is 11.1 Å². The van der Waals surface area contributed by atoms with E-state index in [-0.39, 0.29) is 23.0 Å². The summed E-state index contributed by atoms with van der Waals surface area (Å²) < 4.78 is 0. The Morgan fingerprint density at radius 1 is 1.04 bits per heavy atom. The van der Waals surface area contributed by atoms with Crippen LogP contribution in [0.3, 0.4) is 0 Å². The first-order chi connectivity index (χ1) is 11.5. The third-order valence-electron chi connectivity index (χ3n) is 4.75. The molecule has 0 saturated heterocycles. The highest BCUT2D eigenvalue weighted by molar-refractivity contribution is 6.09. The fourth-order valence-electron chi connectivity index (χ4n) is 2.83. The summed E-state index contributed by atoms with van der Waals surface area (Å²) in [6.45, 7) is 10.2. The lowest BCUT2D eigenvalue weighted by molar-refractivity contribution is 0.103. The molecule has 1 atom stereocenters. The highest BCUT2D eigenvalue weighted by Crippen LogP contribution is 2.38. The minimum Gasteiger partial charge on any atom is -0.507 e. The number of aryl methyl sites for hydroxylation is 1. The van der Waals surface area contributed by atoms with E-state index < -0.39 is 0 Å². The Morgan fingerprint density at radius 2 is 1.60 bits per heavy atom. The van der Waals surface area contributed by atoms with E-state index in [0.717, 1.165) is 16.7 Å². The largest absolute Gasteiger partial charge is 0.507 e. The number of hydrogen-bond acceptors (Lipinski definition) is 3. The molecule has 0 aromatic heterocycles. The zero-order chi connectivity index (χ0) is 18.9. The molecular formula is C22H29NO2. The average molecular weight is 339 g/mol. The van der Waals surface area contributed by atoms with Crippen LogP contribution in [0.5, 0.6) is 5.75 Å². The lowest BCUT2D eigenvalue weighted by atomic mass is 9.82. The Balaban J connectivity index is 2.63. The highest BCUT2D eigenvalue weighted by atomic mass is 16.3. The number of carbonyl (C=O) groups is 1. The maximum absolute atomic E-state index is 13.0. The van der Waals surface area contributed by atoms with Crippen LogP contribution in [-0.4, -0.2) is 29.9 Å². The summed E-state index contributed by atoms with van der Waals surface area (Å²) >= 11 is 0. The second-order valence-corrected chi connectivity index (χ2v) is 8.05. The van der Waals surface area contributed by atoms with Crippen molar-refractivity contribution in [2.75, 3.05) is 14.1 Å². The summed E-state index contributed by atoms with van der Waals surface area (Å²) in [5.74, 6) is 0.270. The summed E-state index contributed by atoms with van der Waals surface area (Å²) in [7, 11) is 3.94. The van der Waals surface area contributed by atoms with Crippen molar-refractivity contribution in [3.8, 4) is 5.75 Å². The molecule has 2 aromatic carbocycles. The normalized spacial score (nSPS) is 13.1. The van der Waals surface area contributed by atoms with Crippen LogP contribution in [0.2, 0.25) is 0 Å². The zero-order valence-corrected chi connectivity index (χ0v) is 16.3. The molecule has 25 heavy (non-hydrogen) atoms. The van der Waals surface area contributed by atoms with Gasteiger partial charge in [0, 0.05) is 28.3 Å². The molecule has 0 saturated carbocycles. The number of phenols is 1. The Labute approximate surface area is 151 Å².